The van der Waals surface area contributed by atoms with Crippen LogP contribution >= 0.6 is 0 Å². The van der Waals surface area contributed by atoms with Crippen LogP contribution in [0.25, 0.3) is 0 Å². The van der Waals surface area contributed by atoms with Crippen molar-refractivity contribution in [2.75, 3.05) is 0 Å². The van der Waals surface area contributed by atoms with Gasteiger partial charge in [-0.2, -0.15) is 0 Å². The Morgan fingerprint density at radius 2 is 1.11 bits per heavy atom. The van der Waals surface area contributed by atoms with Gasteiger partial charge in [-0.1, -0.05) is 0 Å². The van der Waals surface area contributed by atoms with Gasteiger partial charge in [-0.25, -0.2) is 0 Å². The summed E-state index contributed by atoms with van der Waals surface area (Å²) < 4.78 is 5.46. The Bertz CT molecular complexity index is 81.7. The zero-order valence-electron chi connectivity index (χ0n) is 6.56. The quantitative estimate of drug-likeness (QED) is 0.578. The molecule has 0 heterocycles. The highest BCUT2D eigenvalue weighted by Crippen LogP contribution is 2.02. The molecule has 0 atom stereocenters. The molecular formula is C4H16N2OSi2. The lowest BCUT2D eigenvalue weighted by molar-refractivity contribution is 0.546. The van der Waals surface area contributed by atoms with Gasteiger partial charge in [-0.05, 0) is 26.2 Å². The second kappa shape index (κ2) is 2.51. The Morgan fingerprint density at radius 3 is 1.11 bits per heavy atom. The summed E-state index contributed by atoms with van der Waals surface area (Å²) in [5.41, 5.74) is 0. The summed E-state index contributed by atoms with van der Waals surface area (Å²) in [5, 5.41) is 11.4. The van der Waals surface area contributed by atoms with Gasteiger partial charge in [0, 0.05) is 0 Å². The van der Waals surface area contributed by atoms with Crippen LogP contribution in [0, 0.1) is 0 Å². The molecule has 0 saturated heterocycles. The Labute approximate surface area is 58.8 Å². The van der Waals surface area contributed by atoms with Crippen LogP contribution in [0.5, 0.6) is 0 Å². The van der Waals surface area contributed by atoms with Gasteiger partial charge in [-0.15, -0.1) is 0 Å². The van der Waals surface area contributed by atoms with Gasteiger partial charge in [0.05, 0.1) is 0 Å². The van der Waals surface area contributed by atoms with Crippen LogP contribution in [-0.2, 0) is 4.12 Å². The molecule has 0 aromatic heterocycles. The van der Waals surface area contributed by atoms with Crippen molar-refractivity contribution in [1.82, 2.24) is 0 Å². The Balaban J connectivity index is 3.75. The molecule has 0 aromatic rings. The van der Waals surface area contributed by atoms with E-state index in [0.717, 1.165) is 0 Å². The van der Waals surface area contributed by atoms with Crippen LogP contribution in [-0.4, -0.2) is 17.0 Å². The molecule has 0 unspecified atom stereocenters. The predicted octanol–water partition coefficient (Wildman–Crippen LogP) is 0.324. The summed E-state index contributed by atoms with van der Waals surface area (Å²) in [4.78, 5) is 0. The molecule has 56 valence electrons. The lowest BCUT2D eigenvalue weighted by Crippen LogP contribution is -2.55. The molecule has 0 rings (SSSR count). The first-order valence-corrected chi connectivity index (χ1v) is 8.96. The maximum Gasteiger partial charge on any atom is 0.250 e. The molecule has 0 aromatic carbocycles. The third kappa shape index (κ3) is 8.31. The van der Waals surface area contributed by atoms with Crippen LogP contribution < -0.4 is 10.8 Å². The molecule has 0 bridgehead atoms. The smallest absolute Gasteiger partial charge is 0.250 e. The van der Waals surface area contributed by atoms with Gasteiger partial charge in [0.15, 0.2) is 0 Å². The van der Waals surface area contributed by atoms with E-state index < -0.39 is 17.0 Å². The minimum absolute atomic E-state index is 1.86. The highest BCUT2D eigenvalue weighted by atomic mass is 28.4. The van der Waals surface area contributed by atoms with Crippen LogP contribution in [0.4, 0.5) is 0 Å². The summed E-state index contributed by atoms with van der Waals surface area (Å²) >= 11 is 0. The van der Waals surface area contributed by atoms with Gasteiger partial charge in [0.2, 0.25) is 17.0 Å². The van der Waals surface area contributed by atoms with Crippen LogP contribution in [0.15, 0.2) is 0 Å². The maximum absolute atomic E-state index is 5.69. The molecule has 9 heavy (non-hydrogen) atoms. The first-order chi connectivity index (χ1) is 3.71. The van der Waals surface area contributed by atoms with Crippen molar-refractivity contribution in [3.8, 4) is 0 Å². The van der Waals surface area contributed by atoms with Gasteiger partial charge in [-0.3, -0.25) is 0 Å². The Morgan fingerprint density at radius 1 is 0.889 bits per heavy atom. The molecule has 0 aliphatic carbocycles. The van der Waals surface area contributed by atoms with Crippen molar-refractivity contribution >= 4 is 17.0 Å². The van der Waals surface area contributed by atoms with E-state index in [0.29, 0.717) is 0 Å². The van der Waals surface area contributed by atoms with Crippen LogP contribution in [0.3, 0.4) is 0 Å². The summed E-state index contributed by atoms with van der Waals surface area (Å²) in [6, 6.07) is 0. The fourth-order valence-electron chi connectivity index (χ4n) is 0.678. The van der Waals surface area contributed by atoms with Gasteiger partial charge in [0.25, 0.3) is 0 Å². The SMILES string of the molecule is C[Si](C)(N)O[Si](C)(C)N. The second-order valence-corrected chi connectivity index (χ2v) is 10.5. The third-order valence-corrected chi connectivity index (χ3v) is 4.73. The molecule has 0 spiro atoms. The van der Waals surface area contributed by atoms with E-state index in [4.69, 9.17) is 14.9 Å². The second-order valence-electron chi connectivity index (χ2n) is 3.31. The molecule has 3 nitrogen and oxygen atoms in total. The molecule has 0 aliphatic heterocycles. The van der Waals surface area contributed by atoms with Crippen molar-refractivity contribution < 1.29 is 4.12 Å². The number of hydrogen-bond acceptors (Lipinski definition) is 3. The van der Waals surface area contributed by atoms with Crippen molar-refractivity contribution in [2.24, 2.45) is 10.8 Å². The van der Waals surface area contributed by atoms with Crippen LogP contribution in [0.2, 0.25) is 26.2 Å². The minimum atomic E-state index is -1.86. The summed E-state index contributed by atoms with van der Waals surface area (Å²) in [5.74, 6) is 0. The zero-order valence-corrected chi connectivity index (χ0v) is 8.56. The maximum atomic E-state index is 5.69. The van der Waals surface area contributed by atoms with E-state index in [9.17, 15) is 0 Å². The highest BCUT2D eigenvalue weighted by Gasteiger charge is 2.26. The first kappa shape index (κ1) is 9.31. The van der Waals surface area contributed by atoms with Crippen molar-refractivity contribution in [3.05, 3.63) is 0 Å². The van der Waals surface area contributed by atoms with Crippen molar-refractivity contribution in [1.29, 1.82) is 0 Å². The molecular weight excluding hydrogens is 148 g/mol. The fraction of sp³-hybridized carbons (Fsp3) is 1.00. The van der Waals surface area contributed by atoms with E-state index in [2.05, 4.69) is 0 Å². The fourth-order valence-corrected chi connectivity index (χ4v) is 6.10. The number of hydrogen-bond donors (Lipinski definition) is 2. The standard InChI is InChI=1S/C4H16N2OSi2/c1-8(2,5)7-9(3,4)6/h5-6H2,1-4H3. The predicted molar refractivity (Wildman–Crippen MR) is 44.4 cm³/mol. The molecule has 5 heteroatoms. The zero-order chi connectivity index (χ0) is 7.71. The summed E-state index contributed by atoms with van der Waals surface area (Å²) in [6.45, 7) is 7.76. The molecule has 0 amide bonds. The Kier molecular flexibility index (Phi) is 2.60. The van der Waals surface area contributed by atoms with E-state index in [1.54, 1.807) is 0 Å². The topological polar surface area (TPSA) is 61.3 Å². The highest BCUT2D eigenvalue weighted by molar-refractivity contribution is 6.81. The molecule has 0 fully saturated rings. The van der Waals surface area contributed by atoms with Crippen molar-refractivity contribution in [2.45, 2.75) is 26.2 Å². The Hall–Kier alpha value is 0.314. The normalized spacial score (nSPS) is 14.0. The van der Waals surface area contributed by atoms with E-state index in [-0.39, 0.29) is 0 Å². The van der Waals surface area contributed by atoms with E-state index in [1.807, 2.05) is 26.2 Å². The monoisotopic (exact) mass is 164 g/mol. The van der Waals surface area contributed by atoms with Gasteiger partial charge < -0.3 is 14.9 Å². The molecule has 0 saturated carbocycles. The van der Waals surface area contributed by atoms with Crippen molar-refractivity contribution in [3.63, 3.8) is 0 Å². The van der Waals surface area contributed by atoms with E-state index >= 15 is 0 Å². The number of nitrogens with two attached hydrogens (primary N) is 2. The average Bonchev–Trinajstić information content (AvgIpc) is 1.14. The molecule has 0 aliphatic rings. The molecule has 4 N–H and O–H groups in total. The van der Waals surface area contributed by atoms with E-state index in [1.165, 1.54) is 0 Å². The van der Waals surface area contributed by atoms with Gasteiger partial charge in [0.1, 0.15) is 0 Å². The summed E-state index contributed by atoms with van der Waals surface area (Å²) in [7, 11) is -3.71. The third-order valence-electron chi connectivity index (χ3n) is 0.526. The average molecular weight is 164 g/mol. The largest absolute Gasteiger partial charge is 0.433 e. The minimum Gasteiger partial charge on any atom is -0.433 e. The summed E-state index contributed by atoms with van der Waals surface area (Å²) in [6.07, 6.45) is 0. The lowest BCUT2D eigenvalue weighted by Gasteiger charge is -2.26. The van der Waals surface area contributed by atoms with Gasteiger partial charge >= 0.3 is 0 Å². The lowest BCUT2D eigenvalue weighted by atomic mass is 11.9. The first-order valence-electron chi connectivity index (χ1n) is 2.99. The van der Waals surface area contributed by atoms with Crippen LogP contribution in [0.1, 0.15) is 0 Å². The number of rotatable bonds is 2. The molecule has 0 radical (unpaired) electrons.